The lowest BCUT2D eigenvalue weighted by Gasteiger charge is -2.18. The molecule has 0 aliphatic carbocycles. The van der Waals surface area contributed by atoms with Gasteiger partial charge in [0.15, 0.2) is 0 Å². The Hall–Kier alpha value is -2.82. The van der Waals surface area contributed by atoms with E-state index in [-0.39, 0.29) is 30.4 Å². The lowest BCUT2D eigenvalue weighted by molar-refractivity contribution is -0.120. The van der Waals surface area contributed by atoms with Crippen molar-refractivity contribution in [3.63, 3.8) is 0 Å². The summed E-state index contributed by atoms with van der Waals surface area (Å²) in [5.74, 6) is -0.207. The summed E-state index contributed by atoms with van der Waals surface area (Å²) < 4.78 is 0. The van der Waals surface area contributed by atoms with E-state index in [1.165, 1.54) is 0 Å². The van der Waals surface area contributed by atoms with E-state index in [0.717, 1.165) is 17.7 Å². The number of rotatable bonds is 8. The standard InChI is InChI=1S/C21H27N3O2/c1-4-19(16-9-6-5-7-10-16)24-20(25)14-22-18-12-8-11-17(13-18)21(26)23-15(2)3/h5-13,15,19,22H,4,14H2,1-3H3,(H,23,26)(H,24,25). The molecule has 0 aliphatic heterocycles. The van der Waals surface area contributed by atoms with Crippen LogP contribution in [0, 0.1) is 0 Å². The van der Waals surface area contributed by atoms with Crippen LogP contribution < -0.4 is 16.0 Å². The molecule has 0 aromatic heterocycles. The number of hydrogen-bond donors (Lipinski definition) is 3. The van der Waals surface area contributed by atoms with Crippen LogP contribution in [0.1, 0.15) is 49.2 Å². The molecule has 0 fully saturated rings. The lowest BCUT2D eigenvalue weighted by atomic mass is 10.0. The van der Waals surface area contributed by atoms with Crippen molar-refractivity contribution in [3.05, 3.63) is 65.7 Å². The van der Waals surface area contributed by atoms with E-state index >= 15 is 0 Å². The predicted molar refractivity (Wildman–Crippen MR) is 105 cm³/mol. The van der Waals surface area contributed by atoms with Crippen LogP contribution in [0.5, 0.6) is 0 Å². The first-order valence-electron chi connectivity index (χ1n) is 8.98. The van der Waals surface area contributed by atoms with Gasteiger partial charge in [-0.05, 0) is 44.0 Å². The number of carbonyl (C=O) groups is 2. The van der Waals surface area contributed by atoms with Crippen LogP contribution in [0.3, 0.4) is 0 Å². The summed E-state index contributed by atoms with van der Waals surface area (Å²) in [6.45, 7) is 6.03. The molecule has 1 atom stereocenters. The van der Waals surface area contributed by atoms with Gasteiger partial charge in [0.25, 0.3) is 5.91 Å². The van der Waals surface area contributed by atoms with Crippen molar-refractivity contribution in [2.75, 3.05) is 11.9 Å². The van der Waals surface area contributed by atoms with Gasteiger partial charge in [0, 0.05) is 17.3 Å². The summed E-state index contributed by atoms with van der Waals surface area (Å²) in [7, 11) is 0. The van der Waals surface area contributed by atoms with Crippen LogP contribution in [-0.4, -0.2) is 24.4 Å². The van der Waals surface area contributed by atoms with Crippen molar-refractivity contribution in [1.82, 2.24) is 10.6 Å². The zero-order valence-corrected chi connectivity index (χ0v) is 15.6. The maximum Gasteiger partial charge on any atom is 0.251 e. The van der Waals surface area contributed by atoms with Crippen LogP contribution in [0.4, 0.5) is 5.69 Å². The van der Waals surface area contributed by atoms with E-state index in [2.05, 4.69) is 16.0 Å². The summed E-state index contributed by atoms with van der Waals surface area (Å²) in [5, 5.41) is 8.97. The Balaban J connectivity index is 1.91. The molecule has 1 unspecified atom stereocenters. The van der Waals surface area contributed by atoms with Gasteiger partial charge in [-0.25, -0.2) is 0 Å². The third-order valence-corrected chi connectivity index (χ3v) is 3.94. The minimum Gasteiger partial charge on any atom is -0.376 e. The van der Waals surface area contributed by atoms with Gasteiger partial charge in [-0.15, -0.1) is 0 Å². The third kappa shape index (κ3) is 5.92. The molecule has 0 aliphatic rings. The van der Waals surface area contributed by atoms with Crippen molar-refractivity contribution >= 4 is 17.5 Å². The van der Waals surface area contributed by atoms with Gasteiger partial charge < -0.3 is 16.0 Å². The summed E-state index contributed by atoms with van der Waals surface area (Å²) in [6.07, 6.45) is 0.820. The van der Waals surface area contributed by atoms with Crippen LogP contribution >= 0.6 is 0 Å². The molecule has 0 heterocycles. The van der Waals surface area contributed by atoms with Crippen LogP contribution in [0.2, 0.25) is 0 Å². The topological polar surface area (TPSA) is 70.2 Å². The zero-order valence-electron chi connectivity index (χ0n) is 15.6. The van der Waals surface area contributed by atoms with E-state index < -0.39 is 0 Å². The number of anilines is 1. The highest BCUT2D eigenvalue weighted by atomic mass is 16.2. The molecule has 5 heteroatoms. The molecule has 2 amide bonds. The second-order valence-corrected chi connectivity index (χ2v) is 6.50. The van der Waals surface area contributed by atoms with Crippen LogP contribution in [0.25, 0.3) is 0 Å². The number of amides is 2. The van der Waals surface area contributed by atoms with Crippen molar-refractivity contribution in [2.45, 2.75) is 39.3 Å². The molecule has 26 heavy (non-hydrogen) atoms. The summed E-state index contributed by atoms with van der Waals surface area (Å²) >= 11 is 0. The molecule has 2 aromatic carbocycles. The lowest BCUT2D eigenvalue weighted by Crippen LogP contribution is -2.33. The maximum atomic E-state index is 12.3. The molecular weight excluding hydrogens is 326 g/mol. The van der Waals surface area contributed by atoms with Gasteiger partial charge in [-0.1, -0.05) is 43.3 Å². The molecule has 0 bridgehead atoms. The molecule has 3 N–H and O–H groups in total. The monoisotopic (exact) mass is 353 g/mol. The highest BCUT2D eigenvalue weighted by Gasteiger charge is 2.12. The molecule has 2 aromatic rings. The van der Waals surface area contributed by atoms with E-state index in [9.17, 15) is 9.59 Å². The number of carbonyl (C=O) groups excluding carboxylic acids is 2. The summed E-state index contributed by atoms with van der Waals surface area (Å²) in [5.41, 5.74) is 2.40. The van der Waals surface area contributed by atoms with Crippen molar-refractivity contribution in [3.8, 4) is 0 Å². The van der Waals surface area contributed by atoms with Gasteiger partial charge in [0.1, 0.15) is 0 Å². The van der Waals surface area contributed by atoms with Crippen molar-refractivity contribution in [2.24, 2.45) is 0 Å². The third-order valence-electron chi connectivity index (χ3n) is 3.94. The van der Waals surface area contributed by atoms with Crippen molar-refractivity contribution in [1.29, 1.82) is 0 Å². The van der Waals surface area contributed by atoms with E-state index in [0.29, 0.717) is 5.56 Å². The Morgan fingerprint density at radius 3 is 2.35 bits per heavy atom. The fraction of sp³-hybridized carbons (Fsp3) is 0.333. The van der Waals surface area contributed by atoms with Crippen LogP contribution in [-0.2, 0) is 4.79 Å². The number of benzene rings is 2. The van der Waals surface area contributed by atoms with Crippen LogP contribution in [0.15, 0.2) is 54.6 Å². The van der Waals surface area contributed by atoms with Gasteiger partial charge in [-0.2, -0.15) is 0 Å². The second kappa shape index (κ2) is 9.61. The number of nitrogens with one attached hydrogen (secondary N) is 3. The normalized spacial score (nSPS) is 11.7. The summed E-state index contributed by atoms with van der Waals surface area (Å²) in [4.78, 5) is 24.3. The molecule has 0 spiro atoms. The quantitative estimate of drug-likeness (QED) is 0.680. The largest absolute Gasteiger partial charge is 0.376 e. The first-order chi connectivity index (χ1) is 12.5. The average molecular weight is 353 g/mol. The number of hydrogen-bond acceptors (Lipinski definition) is 3. The average Bonchev–Trinajstić information content (AvgIpc) is 2.65. The molecule has 138 valence electrons. The fourth-order valence-electron chi connectivity index (χ4n) is 2.65. The van der Waals surface area contributed by atoms with Crippen molar-refractivity contribution < 1.29 is 9.59 Å². The Morgan fingerprint density at radius 2 is 1.69 bits per heavy atom. The first kappa shape index (κ1) is 19.5. The molecule has 5 nitrogen and oxygen atoms in total. The fourth-order valence-corrected chi connectivity index (χ4v) is 2.65. The minimum atomic E-state index is -0.122. The molecule has 0 saturated heterocycles. The SMILES string of the molecule is CCC(NC(=O)CNc1cccc(C(=O)NC(C)C)c1)c1ccccc1. The van der Waals surface area contributed by atoms with Gasteiger partial charge >= 0.3 is 0 Å². The minimum absolute atomic E-state index is 0.00588. The zero-order chi connectivity index (χ0) is 18.9. The summed E-state index contributed by atoms with van der Waals surface area (Å²) in [6, 6.07) is 17.1. The molecule has 0 radical (unpaired) electrons. The molecule has 0 saturated carbocycles. The molecule has 2 rings (SSSR count). The van der Waals surface area contributed by atoms with Gasteiger partial charge in [-0.3, -0.25) is 9.59 Å². The highest BCUT2D eigenvalue weighted by Crippen LogP contribution is 2.16. The Labute approximate surface area is 155 Å². The van der Waals surface area contributed by atoms with E-state index in [1.807, 2.05) is 57.2 Å². The van der Waals surface area contributed by atoms with E-state index in [1.54, 1.807) is 18.2 Å². The molecular formula is C21H27N3O2. The predicted octanol–water partition coefficient (Wildman–Crippen LogP) is 3.50. The Bertz CT molecular complexity index is 729. The highest BCUT2D eigenvalue weighted by molar-refractivity contribution is 5.95. The Morgan fingerprint density at radius 1 is 0.962 bits per heavy atom. The second-order valence-electron chi connectivity index (χ2n) is 6.50. The maximum absolute atomic E-state index is 12.3. The Kier molecular flexibility index (Phi) is 7.21. The first-order valence-corrected chi connectivity index (χ1v) is 8.98. The smallest absolute Gasteiger partial charge is 0.251 e. The van der Waals surface area contributed by atoms with Gasteiger partial charge in [0.05, 0.1) is 12.6 Å². The van der Waals surface area contributed by atoms with E-state index in [4.69, 9.17) is 0 Å². The van der Waals surface area contributed by atoms with Gasteiger partial charge in [0.2, 0.25) is 5.91 Å².